The largest absolute Gasteiger partial charge is 0.481 e. The molecule has 0 aliphatic carbocycles. The number of aliphatic carboxylic acids is 1. The molecule has 1 amide bonds. The minimum atomic E-state index is -1.05. The number of rotatable bonds is 6. The predicted molar refractivity (Wildman–Crippen MR) is 93.9 cm³/mol. The third-order valence-corrected chi connectivity index (χ3v) is 4.17. The van der Waals surface area contributed by atoms with Crippen LogP contribution in [0.25, 0.3) is 0 Å². The summed E-state index contributed by atoms with van der Waals surface area (Å²) in [5.74, 6) is -1.05. The van der Waals surface area contributed by atoms with E-state index in [0.29, 0.717) is 15.1 Å². The van der Waals surface area contributed by atoms with Crippen LogP contribution < -0.4 is 5.32 Å². The highest BCUT2D eigenvalue weighted by Crippen LogP contribution is 2.28. The van der Waals surface area contributed by atoms with Crippen molar-refractivity contribution in [2.45, 2.75) is 19.1 Å². The Labute approximate surface area is 152 Å². The van der Waals surface area contributed by atoms with E-state index in [4.69, 9.17) is 21.4 Å². The summed E-state index contributed by atoms with van der Waals surface area (Å²) in [5, 5.41) is 12.1. The van der Waals surface area contributed by atoms with Crippen molar-refractivity contribution in [2.75, 3.05) is 0 Å². The Balaban J connectivity index is 2.06. The maximum absolute atomic E-state index is 12.0. The van der Waals surface area contributed by atoms with E-state index in [-0.39, 0.29) is 13.0 Å². The number of ether oxygens (including phenoxy) is 1. The molecule has 0 radical (unpaired) electrons. The highest BCUT2D eigenvalue weighted by atomic mass is 79.9. The SMILES string of the molecule is O=C(O)C[C@@H](NC(=O)OCc1ccccc1)c1cc(Cl)ccc1Br. The van der Waals surface area contributed by atoms with Crippen molar-refractivity contribution in [3.63, 3.8) is 0 Å². The summed E-state index contributed by atoms with van der Waals surface area (Å²) in [7, 11) is 0. The molecule has 126 valence electrons. The smallest absolute Gasteiger partial charge is 0.407 e. The standard InChI is InChI=1S/C17H15BrClNO4/c18-14-7-6-12(19)8-13(14)15(9-16(21)22)20-17(23)24-10-11-4-2-1-3-5-11/h1-8,15H,9-10H2,(H,20,23)(H,21,22)/t15-/m1/s1. The number of nitrogens with one attached hydrogen (secondary N) is 1. The fraction of sp³-hybridized carbons (Fsp3) is 0.176. The molecule has 0 fully saturated rings. The van der Waals surface area contributed by atoms with E-state index in [1.54, 1.807) is 18.2 Å². The van der Waals surface area contributed by atoms with Crippen LogP contribution in [0.4, 0.5) is 4.79 Å². The van der Waals surface area contributed by atoms with Crippen LogP contribution in [0.1, 0.15) is 23.6 Å². The maximum Gasteiger partial charge on any atom is 0.407 e. The second kappa shape index (κ2) is 8.70. The first-order chi connectivity index (χ1) is 11.5. The lowest BCUT2D eigenvalue weighted by atomic mass is 10.0. The van der Waals surface area contributed by atoms with Crippen LogP contribution in [0.3, 0.4) is 0 Å². The van der Waals surface area contributed by atoms with Gasteiger partial charge in [-0.25, -0.2) is 4.79 Å². The van der Waals surface area contributed by atoms with Crippen LogP contribution >= 0.6 is 27.5 Å². The molecule has 0 saturated carbocycles. The van der Waals surface area contributed by atoms with Gasteiger partial charge in [0.1, 0.15) is 6.61 Å². The van der Waals surface area contributed by atoms with Gasteiger partial charge in [0.15, 0.2) is 0 Å². The molecule has 2 rings (SSSR count). The Hall–Kier alpha value is -2.05. The molecule has 2 aromatic rings. The number of carbonyl (C=O) groups is 2. The van der Waals surface area contributed by atoms with Crippen LogP contribution in [0.2, 0.25) is 5.02 Å². The lowest BCUT2D eigenvalue weighted by molar-refractivity contribution is -0.137. The number of carbonyl (C=O) groups excluding carboxylic acids is 1. The van der Waals surface area contributed by atoms with Crippen molar-refractivity contribution < 1.29 is 19.4 Å². The molecule has 0 heterocycles. The van der Waals surface area contributed by atoms with Crippen LogP contribution in [0.15, 0.2) is 53.0 Å². The molecule has 5 nitrogen and oxygen atoms in total. The molecule has 2 aromatic carbocycles. The zero-order valence-corrected chi connectivity index (χ0v) is 14.9. The molecule has 0 aromatic heterocycles. The summed E-state index contributed by atoms with van der Waals surface area (Å²) in [5.41, 5.74) is 1.41. The average Bonchev–Trinajstić information content (AvgIpc) is 2.55. The van der Waals surface area contributed by atoms with Gasteiger partial charge >= 0.3 is 12.1 Å². The summed E-state index contributed by atoms with van der Waals surface area (Å²) < 4.78 is 5.79. The second-order valence-corrected chi connectivity index (χ2v) is 6.31. The van der Waals surface area contributed by atoms with Gasteiger partial charge in [0.25, 0.3) is 0 Å². The highest BCUT2D eigenvalue weighted by Gasteiger charge is 2.21. The Morgan fingerprint density at radius 1 is 1.21 bits per heavy atom. The molecule has 2 N–H and O–H groups in total. The van der Waals surface area contributed by atoms with Crippen molar-refractivity contribution in [1.82, 2.24) is 5.32 Å². The van der Waals surface area contributed by atoms with E-state index in [0.717, 1.165) is 5.56 Å². The second-order valence-electron chi connectivity index (χ2n) is 5.02. The molecule has 0 saturated heterocycles. The number of hydrogen-bond donors (Lipinski definition) is 2. The molecule has 0 aliphatic heterocycles. The minimum absolute atomic E-state index is 0.100. The van der Waals surface area contributed by atoms with Gasteiger partial charge in [-0.15, -0.1) is 0 Å². The number of benzene rings is 2. The van der Waals surface area contributed by atoms with Gasteiger partial charge in [-0.05, 0) is 29.3 Å². The summed E-state index contributed by atoms with van der Waals surface area (Å²) in [4.78, 5) is 23.1. The molecule has 0 bridgehead atoms. The molecule has 7 heteroatoms. The summed E-state index contributed by atoms with van der Waals surface area (Å²) in [6.07, 6.45) is -0.990. The number of amides is 1. The molecular formula is C17H15BrClNO4. The van der Waals surface area contributed by atoms with Gasteiger partial charge in [-0.3, -0.25) is 4.79 Å². The van der Waals surface area contributed by atoms with E-state index in [9.17, 15) is 9.59 Å². The molecule has 24 heavy (non-hydrogen) atoms. The number of hydrogen-bond acceptors (Lipinski definition) is 3. The Bertz CT molecular complexity index is 724. The number of carboxylic acids is 1. The Morgan fingerprint density at radius 3 is 2.58 bits per heavy atom. The van der Waals surface area contributed by atoms with Gasteiger partial charge in [0.05, 0.1) is 12.5 Å². The molecule has 1 atom stereocenters. The normalized spacial score (nSPS) is 11.6. The van der Waals surface area contributed by atoms with Crippen molar-refractivity contribution >= 4 is 39.6 Å². The summed E-state index contributed by atoms with van der Waals surface area (Å²) >= 11 is 9.31. The van der Waals surface area contributed by atoms with Crippen molar-refractivity contribution in [2.24, 2.45) is 0 Å². The van der Waals surface area contributed by atoms with E-state index >= 15 is 0 Å². The number of carboxylic acid groups (broad SMARTS) is 1. The zero-order chi connectivity index (χ0) is 17.5. The Kier molecular flexibility index (Phi) is 6.63. The van der Waals surface area contributed by atoms with Gasteiger partial charge < -0.3 is 15.2 Å². The number of halogens is 2. The average molecular weight is 413 g/mol. The topological polar surface area (TPSA) is 75.6 Å². The quantitative estimate of drug-likeness (QED) is 0.730. The third-order valence-electron chi connectivity index (χ3n) is 3.22. The van der Waals surface area contributed by atoms with Crippen molar-refractivity contribution in [3.8, 4) is 0 Å². The molecule has 0 aliphatic rings. The van der Waals surface area contributed by atoms with Gasteiger partial charge in [-0.2, -0.15) is 0 Å². The van der Waals surface area contributed by atoms with Gasteiger partial charge in [0.2, 0.25) is 0 Å². The Morgan fingerprint density at radius 2 is 1.92 bits per heavy atom. The van der Waals surface area contributed by atoms with Crippen LogP contribution in [-0.2, 0) is 16.1 Å². The van der Waals surface area contributed by atoms with Crippen LogP contribution in [0.5, 0.6) is 0 Å². The van der Waals surface area contributed by atoms with E-state index in [1.807, 2.05) is 30.3 Å². The number of alkyl carbamates (subject to hydrolysis) is 1. The highest BCUT2D eigenvalue weighted by molar-refractivity contribution is 9.10. The fourth-order valence-electron chi connectivity index (χ4n) is 2.10. The third kappa shape index (κ3) is 5.54. The first-order valence-corrected chi connectivity index (χ1v) is 8.27. The van der Waals surface area contributed by atoms with Crippen molar-refractivity contribution in [3.05, 3.63) is 69.2 Å². The first-order valence-electron chi connectivity index (χ1n) is 7.09. The van der Waals surface area contributed by atoms with Gasteiger partial charge in [0, 0.05) is 9.50 Å². The zero-order valence-electron chi connectivity index (χ0n) is 12.5. The first kappa shape index (κ1) is 18.3. The molecule has 0 unspecified atom stereocenters. The van der Waals surface area contributed by atoms with E-state index in [2.05, 4.69) is 21.2 Å². The molecular weight excluding hydrogens is 398 g/mol. The van der Waals surface area contributed by atoms with E-state index < -0.39 is 18.1 Å². The van der Waals surface area contributed by atoms with Gasteiger partial charge in [-0.1, -0.05) is 57.9 Å². The summed E-state index contributed by atoms with van der Waals surface area (Å²) in [6.45, 7) is 0.100. The van der Waals surface area contributed by atoms with E-state index in [1.165, 1.54) is 0 Å². The van der Waals surface area contributed by atoms with Crippen LogP contribution in [0, 0.1) is 0 Å². The maximum atomic E-state index is 12.0. The van der Waals surface area contributed by atoms with Crippen LogP contribution in [-0.4, -0.2) is 17.2 Å². The molecule has 0 spiro atoms. The lowest BCUT2D eigenvalue weighted by Gasteiger charge is -2.19. The minimum Gasteiger partial charge on any atom is -0.481 e. The summed E-state index contributed by atoms with van der Waals surface area (Å²) in [6, 6.07) is 13.4. The fourth-order valence-corrected chi connectivity index (χ4v) is 2.81. The van der Waals surface area contributed by atoms with Crippen molar-refractivity contribution in [1.29, 1.82) is 0 Å². The predicted octanol–water partition coefficient (Wildman–Crippen LogP) is 4.54. The monoisotopic (exact) mass is 411 g/mol. The lowest BCUT2D eigenvalue weighted by Crippen LogP contribution is -2.31.